The molecule has 2 heterocycles. The summed E-state index contributed by atoms with van der Waals surface area (Å²) in [5, 5.41) is 10.3. The zero-order valence-electron chi connectivity index (χ0n) is 24.9. The average Bonchev–Trinajstić information content (AvgIpc) is 3.28. The summed E-state index contributed by atoms with van der Waals surface area (Å²) in [6.45, 7) is 12.6. The first-order valence-electron chi connectivity index (χ1n) is 14.6. The molecule has 0 bridgehead atoms. The minimum atomic E-state index is -0.790. The van der Waals surface area contributed by atoms with Gasteiger partial charge in [-0.15, -0.1) is 0 Å². The lowest BCUT2D eigenvalue weighted by Crippen LogP contribution is -2.28. The maximum absolute atomic E-state index is 11.5. The second-order valence-corrected chi connectivity index (χ2v) is 15.1. The van der Waals surface area contributed by atoms with Crippen molar-refractivity contribution < 1.29 is 14.5 Å². The van der Waals surface area contributed by atoms with E-state index in [0.717, 1.165) is 47.8 Å². The first-order valence-corrected chi connectivity index (χ1v) is 17.1. The number of allylic oxidation sites excluding steroid dienone is 8. The van der Waals surface area contributed by atoms with Gasteiger partial charge in [0.2, 0.25) is 5.69 Å². The lowest BCUT2D eigenvalue weighted by atomic mass is 9.81. The highest BCUT2D eigenvalue weighted by Crippen LogP contribution is 2.48. The molecule has 42 heavy (non-hydrogen) atoms. The summed E-state index contributed by atoms with van der Waals surface area (Å²) in [5.74, 6) is -0.790. The summed E-state index contributed by atoms with van der Waals surface area (Å²) in [6.07, 6.45) is 11.9. The third-order valence-corrected chi connectivity index (χ3v) is 10.7. The van der Waals surface area contributed by atoms with Crippen LogP contribution in [0.4, 0.5) is 11.4 Å². The van der Waals surface area contributed by atoms with Crippen LogP contribution in [0, 0.1) is 7.14 Å². The highest BCUT2D eigenvalue weighted by molar-refractivity contribution is 14.1. The lowest BCUT2D eigenvalue weighted by Gasteiger charge is -2.26. The average molecular weight is 808 g/mol. The molecule has 7 heteroatoms. The van der Waals surface area contributed by atoms with E-state index in [0.29, 0.717) is 6.54 Å². The van der Waals surface area contributed by atoms with E-state index in [9.17, 15) is 9.90 Å². The molecule has 2 aromatic rings. The van der Waals surface area contributed by atoms with Crippen LogP contribution >= 0.6 is 56.8 Å². The van der Waals surface area contributed by atoms with Crippen LogP contribution < -0.4 is 4.90 Å². The number of hydrogen-bond acceptors (Lipinski definition) is 2. The van der Waals surface area contributed by atoms with Crippen LogP contribution in [-0.2, 0) is 15.6 Å². The number of anilines is 1. The van der Waals surface area contributed by atoms with Crippen LogP contribution in [0.3, 0.4) is 0 Å². The number of aliphatic carboxylic acids is 1. The van der Waals surface area contributed by atoms with Crippen molar-refractivity contribution in [3.8, 4) is 0 Å². The third-order valence-electron chi connectivity index (χ3n) is 8.91. The quantitative estimate of drug-likeness (QED) is 0.224. The number of carbonyl (C=O) groups is 1. The van der Waals surface area contributed by atoms with Gasteiger partial charge in [-0.25, -0.2) is 0 Å². The minimum Gasteiger partial charge on any atom is -0.481 e. The smallest absolute Gasteiger partial charge is 0.309 e. The molecule has 0 radical (unpaired) electrons. The molecule has 0 aromatic heterocycles. The van der Waals surface area contributed by atoms with Crippen LogP contribution in [0.1, 0.15) is 71.4 Å². The van der Waals surface area contributed by atoms with Crippen molar-refractivity contribution in [1.29, 1.82) is 0 Å². The Morgan fingerprint density at radius 3 is 2.38 bits per heavy atom. The van der Waals surface area contributed by atoms with E-state index in [1.54, 1.807) is 0 Å². The van der Waals surface area contributed by atoms with E-state index in [4.69, 9.17) is 11.6 Å². The predicted molar refractivity (Wildman–Crippen MR) is 191 cm³/mol. The number of likely N-dealkylation sites (N-methyl/N-ethyl adjacent to an activating group) is 1. The monoisotopic (exact) mass is 807 g/mol. The molecule has 0 saturated carbocycles. The summed E-state index contributed by atoms with van der Waals surface area (Å²) < 4.78 is 4.61. The van der Waals surface area contributed by atoms with Gasteiger partial charge in [0.05, 0.1) is 5.41 Å². The van der Waals surface area contributed by atoms with Gasteiger partial charge < -0.3 is 10.0 Å². The van der Waals surface area contributed by atoms with Crippen molar-refractivity contribution in [1.82, 2.24) is 0 Å². The zero-order valence-corrected chi connectivity index (χ0v) is 30.0. The number of hydrogen-bond donors (Lipinski definition) is 1. The van der Waals surface area contributed by atoms with Gasteiger partial charge in [-0.05, 0) is 138 Å². The molecule has 4 nitrogen and oxygen atoms in total. The molecule has 0 spiro atoms. The molecule has 0 saturated heterocycles. The van der Waals surface area contributed by atoms with Crippen LogP contribution in [0.25, 0.3) is 0 Å². The number of fused-ring (bicyclic) bond motifs is 2. The third kappa shape index (κ3) is 5.80. The SMILES string of the molecule is CCN1C(=CC=C2CCCC(C=CC3=[N+](CCC(=O)O)c4ccc(I)cc4C3(C)C)=C2Cl)C(C)(C)c2cc(I)ccc21. The number of halogens is 3. The van der Waals surface area contributed by atoms with E-state index < -0.39 is 5.97 Å². The second kappa shape index (κ2) is 12.2. The Morgan fingerprint density at radius 1 is 1.00 bits per heavy atom. The molecule has 1 N–H and O–H groups in total. The van der Waals surface area contributed by atoms with Crippen molar-refractivity contribution in [3.63, 3.8) is 0 Å². The highest BCUT2D eigenvalue weighted by Gasteiger charge is 2.44. The summed E-state index contributed by atoms with van der Waals surface area (Å²) in [4.78, 5) is 13.9. The molecule has 0 amide bonds. The van der Waals surface area contributed by atoms with Gasteiger partial charge in [0, 0.05) is 53.2 Å². The Hall–Kier alpha value is -1.91. The number of carboxylic acid groups (broad SMARTS) is 1. The first-order chi connectivity index (χ1) is 19.9. The molecule has 5 rings (SSSR count). The molecular weight excluding hydrogens is 770 g/mol. The van der Waals surface area contributed by atoms with E-state index in [1.807, 2.05) is 0 Å². The van der Waals surface area contributed by atoms with Crippen LogP contribution in [0.2, 0.25) is 0 Å². The number of nitrogens with zero attached hydrogens (tertiary/aromatic N) is 2. The van der Waals surface area contributed by atoms with Crippen molar-refractivity contribution in [3.05, 3.63) is 101 Å². The fraction of sp³-hybridized carbons (Fsp3) is 0.371. The molecule has 0 fully saturated rings. The Bertz CT molecular complexity index is 1610. The van der Waals surface area contributed by atoms with Gasteiger partial charge >= 0.3 is 5.97 Å². The number of benzene rings is 2. The molecular formula is C35H38ClI2N2O2+. The number of carboxylic acids is 1. The van der Waals surface area contributed by atoms with Gasteiger partial charge in [0.1, 0.15) is 6.42 Å². The standard InChI is InChI=1S/C35H37ClI2N2O2/c1-6-39-28-14-12-24(37)20-26(28)34(2,3)30(39)16-10-22-8-7-9-23(33(22)36)11-17-31-35(4,5)27-21-25(38)13-15-29(27)40(31)19-18-32(41)42/h10-17,20-21H,6-9,18-19H2,1-5H3/p+1. The van der Waals surface area contributed by atoms with Crippen molar-refractivity contribution in [2.45, 2.75) is 71.1 Å². The molecule has 2 aliphatic heterocycles. The molecule has 2 aromatic carbocycles. The zero-order chi connectivity index (χ0) is 30.4. The highest BCUT2D eigenvalue weighted by atomic mass is 127. The summed E-state index contributed by atoms with van der Waals surface area (Å²) >= 11 is 11.9. The molecule has 220 valence electrons. The van der Waals surface area contributed by atoms with Crippen LogP contribution in [0.15, 0.2) is 82.6 Å². The Labute approximate surface area is 282 Å². The molecule has 1 aliphatic carbocycles. The molecule has 3 aliphatic rings. The first kappa shape index (κ1) is 31.5. The van der Waals surface area contributed by atoms with E-state index >= 15 is 0 Å². The summed E-state index contributed by atoms with van der Waals surface area (Å²) in [6, 6.07) is 13.2. The van der Waals surface area contributed by atoms with E-state index in [2.05, 4.69) is 150 Å². The van der Waals surface area contributed by atoms with Crippen molar-refractivity contribution >= 4 is 79.8 Å². The minimum absolute atomic E-state index is 0.0813. The van der Waals surface area contributed by atoms with E-state index in [1.165, 1.54) is 35.2 Å². The van der Waals surface area contributed by atoms with Crippen molar-refractivity contribution in [2.75, 3.05) is 18.0 Å². The molecule has 0 atom stereocenters. The molecule has 0 unspecified atom stereocenters. The van der Waals surface area contributed by atoms with E-state index in [-0.39, 0.29) is 17.3 Å². The lowest BCUT2D eigenvalue weighted by molar-refractivity contribution is -0.436. The Kier molecular flexibility index (Phi) is 9.18. The van der Waals surface area contributed by atoms with Gasteiger partial charge in [0.25, 0.3) is 0 Å². The Morgan fingerprint density at radius 2 is 1.69 bits per heavy atom. The van der Waals surface area contributed by atoms with Gasteiger partial charge in [-0.2, -0.15) is 4.58 Å². The van der Waals surface area contributed by atoms with Gasteiger partial charge in [-0.3, -0.25) is 4.79 Å². The Balaban J connectivity index is 1.50. The normalized spacial score (nSPS) is 21.2. The maximum atomic E-state index is 11.5. The van der Waals surface area contributed by atoms with Gasteiger partial charge in [0.15, 0.2) is 12.3 Å². The number of rotatable bonds is 7. The van der Waals surface area contributed by atoms with Crippen LogP contribution in [0.5, 0.6) is 0 Å². The predicted octanol–water partition coefficient (Wildman–Crippen LogP) is 9.61. The van der Waals surface area contributed by atoms with Gasteiger partial charge in [-0.1, -0.05) is 37.6 Å². The fourth-order valence-corrected chi connectivity index (χ4v) is 7.95. The largest absolute Gasteiger partial charge is 0.481 e. The maximum Gasteiger partial charge on any atom is 0.309 e. The topological polar surface area (TPSA) is 43.5 Å². The van der Waals surface area contributed by atoms with Crippen molar-refractivity contribution in [2.24, 2.45) is 0 Å². The van der Waals surface area contributed by atoms with Crippen LogP contribution in [-0.4, -0.2) is 34.5 Å². The fourth-order valence-electron chi connectivity index (χ4n) is 6.65. The summed E-state index contributed by atoms with van der Waals surface area (Å²) in [7, 11) is 0. The summed E-state index contributed by atoms with van der Waals surface area (Å²) in [5.41, 5.74) is 9.35. The second-order valence-electron chi connectivity index (χ2n) is 12.3.